The van der Waals surface area contributed by atoms with Gasteiger partial charge in [-0.1, -0.05) is 24.6 Å². The molecule has 0 saturated heterocycles. The largest absolute Gasteiger partial charge is 0.494 e. The summed E-state index contributed by atoms with van der Waals surface area (Å²) in [4.78, 5) is 15.3. The molecule has 3 rings (SSSR count). The van der Waals surface area contributed by atoms with E-state index in [9.17, 15) is 4.79 Å². The van der Waals surface area contributed by atoms with Crippen molar-refractivity contribution < 1.29 is 14.3 Å². The van der Waals surface area contributed by atoms with Gasteiger partial charge in [0.1, 0.15) is 5.75 Å². The first-order valence-electron chi connectivity index (χ1n) is 8.71. The summed E-state index contributed by atoms with van der Waals surface area (Å²) in [5.74, 6) is 1.17. The van der Waals surface area contributed by atoms with Crippen molar-refractivity contribution in [1.29, 1.82) is 0 Å². The summed E-state index contributed by atoms with van der Waals surface area (Å²) in [6.07, 6.45) is 5.27. The smallest absolute Gasteiger partial charge is 0.231 e. The van der Waals surface area contributed by atoms with E-state index in [1.165, 1.54) is 0 Å². The third kappa shape index (κ3) is 3.37. The van der Waals surface area contributed by atoms with Gasteiger partial charge in [-0.15, -0.1) is 0 Å². The lowest BCUT2D eigenvalue weighted by molar-refractivity contribution is -0.153. The van der Waals surface area contributed by atoms with Crippen LogP contribution in [0.5, 0.6) is 5.75 Å². The van der Waals surface area contributed by atoms with Crippen molar-refractivity contribution in [2.75, 3.05) is 20.3 Å². The fraction of sp³-hybridized carbons (Fsp3) is 0.632. The molecule has 2 saturated carbocycles. The monoisotopic (exact) mass is 317 g/mol. The first kappa shape index (κ1) is 16.3. The first-order chi connectivity index (χ1) is 11.2. The third-order valence-corrected chi connectivity index (χ3v) is 5.05. The van der Waals surface area contributed by atoms with E-state index >= 15 is 0 Å². The van der Waals surface area contributed by atoms with Crippen LogP contribution in [0.15, 0.2) is 24.3 Å². The van der Waals surface area contributed by atoms with Gasteiger partial charge in [0, 0.05) is 25.3 Å². The van der Waals surface area contributed by atoms with Crippen LogP contribution in [0.3, 0.4) is 0 Å². The lowest BCUT2D eigenvalue weighted by Gasteiger charge is -2.43. The van der Waals surface area contributed by atoms with Gasteiger partial charge in [-0.25, -0.2) is 0 Å². The number of carbonyl (C=O) groups excluding carboxylic acids is 1. The molecule has 1 aromatic carbocycles. The lowest BCUT2D eigenvalue weighted by atomic mass is 9.68. The summed E-state index contributed by atoms with van der Waals surface area (Å²) in [5.41, 5.74) is 0.819. The van der Waals surface area contributed by atoms with E-state index < -0.39 is 0 Å². The van der Waals surface area contributed by atoms with E-state index in [0.29, 0.717) is 25.8 Å². The molecule has 2 aliphatic carbocycles. The minimum Gasteiger partial charge on any atom is -0.494 e. The van der Waals surface area contributed by atoms with E-state index in [0.717, 1.165) is 43.4 Å². The van der Waals surface area contributed by atoms with Crippen molar-refractivity contribution in [3.8, 4) is 5.75 Å². The average molecular weight is 317 g/mol. The van der Waals surface area contributed by atoms with Crippen molar-refractivity contribution in [3.63, 3.8) is 0 Å². The van der Waals surface area contributed by atoms with Gasteiger partial charge in [-0.05, 0) is 38.7 Å². The van der Waals surface area contributed by atoms with E-state index in [2.05, 4.69) is 11.0 Å². The topological polar surface area (TPSA) is 38.8 Å². The molecule has 0 spiro atoms. The SMILES string of the molecule is CCOc1ccccc1CN(C(=O)C1(COC)CCC1)C1CC1. The maximum absolute atomic E-state index is 13.2. The highest BCUT2D eigenvalue weighted by Gasteiger charge is 2.49. The predicted octanol–water partition coefficient (Wildman–Crippen LogP) is 3.39. The summed E-state index contributed by atoms with van der Waals surface area (Å²) in [6, 6.07) is 8.45. The minimum absolute atomic E-state index is 0.277. The molecule has 126 valence electrons. The molecule has 0 N–H and O–H groups in total. The normalized spacial score (nSPS) is 19.0. The maximum atomic E-state index is 13.2. The number of nitrogens with zero attached hydrogens (tertiary/aromatic N) is 1. The van der Waals surface area contributed by atoms with Crippen LogP contribution in [0.4, 0.5) is 0 Å². The summed E-state index contributed by atoms with van der Waals surface area (Å²) >= 11 is 0. The molecule has 4 nitrogen and oxygen atoms in total. The van der Waals surface area contributed by atoms with Crippen molar-refractivity contribution in [3.05, 3.63) is 29.8 Å². The second-order valence-corrected chi connectivity index (χ2v) is 6.77. The van der Waals surface area contributed by atoms with Gasteiger partial charge in [-0.2, -0.15) is 0 Å². The number of rotatable bonds is 8. The quantitative estimate of drug-likeness (QED) is 0.738. The Hall–Kier alpha value is -1.55. The molecule has 0 bridgehead atoms. The van der Waals surface area contributed by atoms with Crippen LogP contribution < -0.4 is 4.74 Å². The fourth-order valence-corrected chi connectivity index (χ4v) is 3.47. The molecule has 1 amide bonds. The molecule has 0 aliphatic heterocycles. The molecular weight excluding hydrogens is 290 g/mol. The minimum atomic E-state index is -0.280. The highest BCUT2D eigenvalue weighted by Crippen LogP contribution is 2.45. The van der Waals surface area contributed by atoms with Gasteiger partial charge in [0.15, 0.2) is 0 Å². The highest BCUT2D eigenvalue weighted by molar-refractivity contribution is 5.84. The van der Waals surface area contributed by atoms with Crippen LogP contribution in [-0.2, 0) is 16.1 Å². The van der Waals surface area contributed by atoms with Gasteiger partial charge in [-0.3, -0.25) is 4.79 Å². The Morgan fingerprint density at radius 2 is 2.04 bits per heavy atom. The Morgan fingerprint density at radius 1 is 1.30 bits per heavy atom. The van der Waals surface area contributed by atoms with Crippen molar-refractivity contribution >= 4 is 5.91 Å². The molecule has 0 heterocycles. The molecule has 23 heavy (non-hydrogen) atoms. The fourth-order valence-electron chi connectivity index (χ4n) is 3.47. The average Bonchev–Trinajstić information content (AvgIpc) is 3.34. The molecule has 0 aromatic heterocycles. The summed E-state index contributed by atoms with van der Waals surface area (Å²) < 4.78 is 11.1. The zero-order valence-corrected chi connectivity index (χ0v) is 14.2. The van der Waals surface area contributed by atoms with Crippen LogP contribution in [0.25, 0.3) is 0 Å². The summed E-state index contributed by atoms with van der Waals surface area (Å²) in [5, 5.41) is 0. The second kappa shape index (κ2) is 6.91. The molecular formula is C19H27NO3. The molecule has 0 atom stereocenters. The first-order valence-corrected chi connectivity index (χ1v) is 8.71. The van der Waals surface area contributed by atoms with E-state index in [4.69, 9.17) is 9.47 Å². The molecule has 0 radical (unpaired) electrons. The number of hydrogen-bond donors (Lipinski definition) is 0. The Labute approximate surface area is 138 Å². The Bertz CT molecular complexity index is 549. The lowest BCUT2D eigenvalue weighted by Crippen LogP contribution is -2.51. The van der Waals surface area contributed by atoms with Crippen LogP contribution in [-0.4, -0.2) is 37.2 Å². The van der Waals surface area contributed by atoms with E-state index in [1.807, 2.05) is 25.1 Å². The zero-order valence-electron chi connectivity index (χ0n) is 14.2. The molecule has 2 aliphatic rings. The zero-order chi connectivity index (χ0) is 16.3. The number of amides is 1. The van der Waals surface area contributed by atoms with Gasteiger partial charge >= 0.3 is 0 Å². The van der Waals surface area contributed by atoms with Crippen LogP contribution >= 0.6 is 0 Å². The third-order valence-electron chi connectivity index (χ3n) is 5.05. The number of para-hydroxylation sites is 1. The van der Waals surface area contributed by atoms with Crippen LogP contribution in [0.1, 0.15) is 44.6 Å². The van der Waals surface area contributed by atoms with Gasteiger partial charge in [0.05, 0.1) is 18.6 Å². The van der Waals surface area contributed by atoms with Gasteiger partial charge in [0.25, 0.3) is 0 Å². The Balaban J connectivity index is 1.79. The summed E-state index contributed by atoms with van der Waals surface area (Å²) in [7, 11) is 1.69. The van der Waals surface area contributed by atoms with Gasteiger partial charge in [0.2, 0.25) is 5.91 Å². The van der Waals surface area contributed by atoms with Crippen LogP contribution in [0, 0.1) is 5.41 Å². The Morgan fingerprint density at radius 3 is 2.61 bits per heavy atom. The Kier molecular flexibility index (Phi) is 4.90. The highest BCUT2D eigenvalue weighted by atomic mass is 16.5. The van der Waals surface area contributed by atoms with Gasteiger partial charge < -0.3 is 14.4 Å². The number of benzene rings is 1. The van der Waals surface area contributed by atoms with Crippen molar-refractivity contribution in [2.45, 2.75) is 51.6 Å². The summed E-state index contributed by atoms with van der Waals surface area (Å²) in [6.45, 7) is 3.82. The number of methoxy groups -OCH3 is 1. The van der Waals surface area contributed by atoms with Crippen molar-refractivity contribution in [1.82, 2.24) is 4.90 Å². The number of ether oxygens (including phenoxy) is 2. The second-order valence-electron chi connectivity index (χ2n) is 6.77. The standard InChI is InChI=1S/C19H27NO3/c1-3-23-17-8-5-4-7-15(17)13-20(16-9-10-16)18(21)19(14-22-2)11-6-12-19/h4-5,7-8,16H,3,6,9-14H2,1-2H3. The number of hydrogen-bond acceptors (Lipinski definition) is 3. The predicted molar refractivity (Wildman–Crippen MR) is 89.3 cm³/mol. The van der Waals surface area contributed by atoms with Crippen molar-refractivity contribution in [2.24, 2.45) is 5.41 Å². The van der Waals surface area contributed by atoms with Crippen LogP contribution in [0.2, 0.25) is 0 Å². The molecule has 4 heteroatoms. The number of carbonyl (C=O) groups is 1. The molecule has 2 fully saturated rings. The maximum Gasteiger partial charge on any atom is 0.231 e. The van der Waals surface area contributed by atoms with E-state index in [-0.39, 0.29) is 11.3 Å². The van der Waals surface area contributed by atoms with E-state index in [1.54, 1.807) is 7.11 Å². The molecule has 0 unspecified atom stereocenters. The molecule has 1 aromatic rings.